The largest absolute Gasteiger partial charge is 0.366 e. The van der Waals surface area contributed by atoms with Crippen LogP contribution < -0.4 is 21.3 Å². The molecular formula is C31H47F2N7O4. The lowest BCUT2D eigenvalue weighted by atomic mass is 9.72. The van der Waals surface area contributed by atoms with E-state index in [1.807, 2.05) is 9.80 Å². The van der Waals surface area contributed by atoms with Gasteiger partial charge in [-0.2, -0.15) is 0 Å². The van der Waals surface area contributed by atoms with E-state index < -0.39 is 54.8 Å². The third-order valence-corrected chi connectivity index (χ3v) is 11.5. The Labute approximate surface area is 257 Å². The van der Waals surface area contributed by atoms with Gasteiger partial charge in [-0.05, 0) is 57.1 Å². The first-order chi connectivity index (χ1) is 21.2. The van der Waals surface area contributed by atoms with Crippen LogP contribution in [-0.4, -0.2) is 126 Å². The lowest BCUT2D eigenvalue weighted by Gasteiger charge is -2.59. The van der Waals surface area contributed by atoms with Crippen molar-refractivity contribution in [2.45, 2.75) is 119 Å². The number of carbonyl (C=O) groups is 3. The first-order valence-corrected chi connectivity index (χ1v) is 16.6. The molecular weight excluding hydrogens is 572 g/mol. The molecule has 13 atom stereocenters. The van der Waals surface area contributed by atoms with Gasteiger partial charge in [0.15, 0.2) is 0 Å². The highest BCUT2D eigenvalue weighted by Gasteiger charge is 2.60. The van der Waals surface area contributed by atoms with Crippen molar-refractivity contribution >= 4 is 17.8 Å². The van der Waals surface area contributed by atoms with Gasteiger partial charge in [0.1, 0.15) is 19.0 Å². The molecule has 5 saturated heterocycles. The summed E-state index contributed by atoms with van der Waals surface area (Å²) in [6, 6.07) is -2.05. The average molecular weight is 620 g/mol. The molecule has 2 aliphatic carbocycles. The van der Waals surface area contributed by atoms with Crippen LogP contribution in [0.4, 0.5) is 13.6 Å². The van der Waals surface area contributed by atoms with Crippen LogP contribution in [-0.2, 0) is 14.3 Å². The van der Waals surface area contributed by atoms with Crippen LogP contribution in [0.1, 0.15) is 52.4 Å². The van der Waals surface area contributed by atoms with Crippen LogP contribution in [0.15, 0.2) is 12.7 Å². The number of nitrogens with one attached hydrogen (secondary N) is 4. The van der Waals surface area contributed by atoms with E-state index in [0.29, 0.717) is 45.3 Å². The van der Waals surface area contributed by atoms with Crippen molar-refractivity contribution in [3.8, 4) is 0 Å². The number of halogens is 2. The Morgan fingerprint density at radius 1 is 1.05 bits per heavy atom. The van der Waals surface area contributed by atoms with Gasteiger partial charge in [-0.15, -0.1) is 0 Å². The Hall–Kier alpha value is -2.35. The second-order valence-corrected chi connectivity index (χ2v) is 14.2. The molecule has 4 N–H and O–H groups in total. The third-order valence-electron chi connectivity index (χ3n) is 11.5. The summed E-state index contributed by atoms with van der Waals surface area (Å²) in [6.45, 7) is 9.40. The lowest BCUT2D eigenvalue weighted by Crippen LogP contribution is -2.80. The maximum Gasteiger partial charge on any atom is 0.320 e. The van der Waals surface area contributed by atoms with Gasteiger partial charge in [-0.1, -0.05) is 20.4 Å². The Kier molecular flexibility index (Phi) is 8.12. The fourth-order valence-corrected chi connectivity index (χ4v) is 9.46. The normalized spacial score (nSPS) is 45.9. The third kappa shape index (κ3) is 5.11. The number of piperidine rings is 2. The number of carbonyl (C=O) groups excluding carboxylic acids is 3. The Morgan fingerprint density at radius 3 is 2.64 bits per heavy atom. The summed E-state index contributed by atoms with van der Waals surface area (Å²) >= 11 is 0. The van der Waals surface area contributed by atoms with E-state index in [1.54, 1.807) is 0 Å². The molecule has 7 fully saturated rings. The summed E-state index contributed by atoms with van der Waals surface area (Å²) in [5.74, 6) is -1.35. The van der Waals surface area contributed by atoms with Gasteiger partial charge in [-0.3, -0.25) is 19.8 Å². The maximum atomic E-state index is 16.5. The fraction of sp³-hybridized carbons (Fsp3) is 0.839. The number of alkyl halides is 2. The number of urea groups is 1. The summed E-state index contributed by atoms with van der Waals surface area (Å²) in [6.07, 6.45) is 0.375. The molecule has 7 rings (SSSR count). The predicted octanol–water partition coefficient (Wildman–Crippen LogP) is 0.859. The van der Waals surface area contributed by atoms with Crippen LogP contribution in [0, 0.1) is 17.8 Å². The monoisotopic (exact) mass is 619 g/mol. The van der Waals surface area contributed by atoms with Gasteiger partial charge in [-0.25, -0.2) is 13.6 Å². The highest BCUT2D eigenvalue weighted by molar-refractivity contribution is 5.87. The van der Waals surface area contributed by atoms with E-state index in [9.17, 15) is 14.4 Å². The van der Waals surface area contributed by atoms with Gasteiger partial charge in [0.2, 0.25) is 11.8 Å². The molecule has 2 saturated carbocycles. The molecule has 5 heterocycles. The minimum Gasteiger partial charge on any atom is -0.366 e. The Bertz CT molecular complexity index is 1160. The zero-order chi connectivity index (χ0) is 30.9. The predicted molar refractivity (Wildman–Crippen MR) is 158 cm³/mol. The molecule has 0 aromatic carbocycles. The highest BCUT2D eigenvalue weighted by atomic mass is 19.1. The van der Waals surface area contributed by atoms with Crippen LogP contribution in [0.25, 0.3) is 0 Å². The number of fused-ring (bicyclic) bond motifs is 6. The van der Waals surface area contributed by atoms with Crippen LogP contribution >= 0.6 is 0 Å². The average Bonchev–Trinajstić information content (AvgIpc) is 3.80. The molecule has 0 radical (unpaired) electrons. The van der Waals surface area contributed by atoms with Crippen molar-refractivity contribution in [3.63, 3.8) is 0 Å². The fourth-order valence-electron chi connectivity index (χ4n) is 9.46. The van der Waals surface area contributed by atoms with E-state index in [-0.39, 0.29) is 60.8 Å². The molecule has 13 heteroatoms. The lowest BCUT2D eigenvalue weighted by molar-refractivity contribution is -0.141. The second-order valence-electron chi connectivity index (χ2n) is 14.2. The van der Waals surface area contributed by atoms with Gasteiger partial charge in [0, 0.05) is 55.1 Å². The van der Waals surface area contributed by atoms with Crippen molar-refractivity contribution in [3.05, 3.63) is 12.7 Å². The van der Waals surface area contributed by atoms with Crippen molar-refractivity contribution < 1.29 is 27.9 Å². The topological polar surface area (TPSA) is 118 Å². The molecule has 0 aromatic heterocycles. The molecule has 244 valence electrons. The summed E-state index contributed by atoms with van der Waals surface area (Å²) < 4.78 is 38.6. The van der Waals surface area contributed by atoms with Gasteiger partial charge in [0.05, 0.1) is 24.5 Å². The summed E-state index contributed by atoms with van der Waals surface area (Å²) in [5.41, 5.74) is 0. The van der Waals surface area contributed by atoms with Crippen LogP contribution in [0.2, 0.25) is 0 Å². The molecule has 2 bridgehead atoms. The Morgan fingerprint density at radius 2 is 1.86 bits per heavy atom. The number of piperazine rings is 1. The highest BCUT2D eigenvalue weighted by Crippen LogP contribution is 2.45. The molecule has 5 aliphatic heterocycles. The van der Waals surface area contributed by atoms with Gasteiger partial charge in [0.25, 0.3) is 0 Å². The van der Waals surface area contributed by atoms with Crippen LogP contribution in [0.5, 0.6) is 0 Å². The number of ether oxygens (including phenoxy) is 1. The summed E-state index contributed by atoms with van der Waals surface area (Å²) in [7, 11) is 0. The standard InChI is InChI=1S/C31H47F2N7O4/c1-4-24(42)38-10-11-39(21-13-20(21)38)29-16-12-18(33)27-25-17(32)6-5-7-19(25)35-23(41)14-44-22-8-9-34-26(15(2)3)28(22)40(30(16)36-27)31(43)37-29/h4,15-22,25-30,34,36H,1,5-14H2,2-3H3,(H,35,41)(H,37,43)/t16?,17?,18?,19?,20-,21+,22?,25?,26?,27?,28?,29?,30?/m1/s1. The zero-order valence-electron chi connectivity index (χ0n) is 25.7. The SMILES string of the molecule is C=CC(=O)N1CCN(C2NC(=O)N3C4NC(C(F)CC42)C2C(F)CCCC2NC(=O)COC2CCNC(C(C)C)C23)[C@H]2C[C@H]21. The molecule has 4 amide bonds. The second kappa shape index (κ2) is 11.8. The van der Waals surface area contributed by atoms with E-state index in [4.69, 9.17) is 4.74 Å². The van der Waals surface area contributed by atoms with Crippen molar-refractivity contribution in [2.24, 2.45) is 17.8 Å². The van der Waals surface area contributed by atoms with Crippen LogP contribution in [0.3, 0.4) is 0 Å². The molecule has 11 nitrogen and oxygen atoms in total. The zero-order valence-corrected chi connectivity index (χ0v) is 25.7. The van der Waals surface area contributed by atoms with Crippen molar-refractivity contribution in [1.82, 2.24) is 36.0 Å². The number of hydrogen-bond donors (Lipinski definition) is 4. The number of nitrogens with zero attached hydrogens (tertiary/aromatic N) is 3. The quantitative estimate of drug-likeness (QED) is 0.346. The van der Waals surface area contributed by atoms with Gasteiger partial charge >= 0.3 is 6.03 Å². The maximum absolute atomic E-state index is 16.5. The van der Waals surface area contributed by atoms with Gasteiger partial charge < -0.3 is 30.5 Å². The summed E-state index contributed by atoms with van der Waals surface area (Å²) in [5, 5.41) is 13.4. The molecule has 44 heavy (non-hydrogen) atoms. The minimum absolute atomic E-state index is 0.0514. The minimum atomic E-state index is -1.37. The number of hydrogen-bond acceptors (Lipinski definition) is 7. The number of amides is 4. The molecule has 0 spiro atoms. The van der Waals surface area contributed by atoms with Crippen molar-refractivity contribution in [1.29, 1.82) is 0 Å². The number of rotatable bonds is 3. The van der Waals surface area contributed by atoms with E-state index in [1.165, 1.54) is 6.08 Å². The van der Waals surface area contributed by atoms with E-state index >= 15 is 8.78 Å². The smallest absolute Gasteiger partial charge is 0.320 e. The molecule has 7 aliphatic rings. The first-order valence-electron chi connectivity index (χ1n) is 16.6. The molecule has 0 aromatic rings. The summed E-state index contributed by atoms with van der Waals surface area (Å²) in [4.78, 5) is 45.8. The van der Waals surface area contributed by atoms with Crippen molar-refractivity contribution in [2.75, 3.05) is 26.2 Å². The Balaban J connectivity index is 1.26. The molecule has 11 unspecified atom stereocenters. The first kappa shape index (κ1) is 30.3. The van der Waals surface area contributed by atoms with E-state index in [0.717, 1.165) is 6.42 Å². The van der Waals surface area contributed by atoms with E-state index in [2.05, 4.69) is 46.6 Å².